The lowest BCUT2D eigenvalue weighted by Gasteiger charge is -2.59. The minimum absolute atomic E-state index is 0.00632. The van der Waals surface area contributed by atoms with Crippen molar-refractivity contribution in [3.63, 3.8) is 0 Å². The molecule has 178 valence electrons. The topological polar surface area (TPSA) is 49.4 Å². The fourth-order valence-electron chi connectivity index (χ4n) is 8.37. The monoisotopic (exact) mass is 456 g/mol. The molecule has 1 N–H and O–H groups in total. The fraction of sp³-hybridized carbons (Fsp3) is 0.630. The van der Waals surface area contributed by atoms with Crippen molar-refractivity contribution in [3.8, 4) is 0 Å². The number of carbonyl (C=O) groups excluding carboxylic acids is 2. The predicted molar refractivity (Wildman–Crippen MR) is 123 cm³/mol. The minimum Gasteiger partial charge on any atom is -0.321 e. The molecule has 0 spiro atoms. The van der Waals surface area contributed by atoms with Gasteiger partial charge in [0, 0.05) is 30.5 Å². The number of para-hydroxylation sites is 1. The Morgan fingerprint density at radius 2 is 1.79 bits per heavy atom. The Labute approximate surface area is 194 Å². The summed E-state index contributed by atoms with van der Waals surface area (Å²) in [4.78, 5) is 27.6. The molecule has 1 aromatic carbocycles. The van der Waals surface area contributed by atoms with Crippen LogP contribution in [-0.2, 0) is 9.59 Å². The van der Waals surface area contributed by atoms with Crippen LogP contribution < -0.4 is 5.32 Å². The van der Waals surface area contributed by atoms with E-state index >= 15 is 0 Å². The zero-order valence-corrected chi connectivity index (χ0v) is 20.0. The van der Waals surface area contributed by atoms with Crippen molar-refractivity contribution >= 4 is 17.5 Å². The molecule has 2 saturated carbocycles. The summed E-state index contributed by atoms with van der Waals surface area (Å²) < 4.78 is 28.3. The van der Waals surface area contributed by atoms with Gasteiger partial charge >= 0.3 is 0 Å². The summed E-state index contributed by atoms with van der Waals surface area (Å²) in [5.74, 6) is -0.421. The van der Waals surface area contributed by atoms with Crippen molar-refractivity contribution in [3.05, 3.63) is 41.1 Å². The van der Waals surface area contributed by atoms with Gasteiger partial charge in [0.15, 0.2) is 0 Å². The molecule has 0 unspecified atom stereocenters. The van der Waals surface area contributed by atoms with Gasteiger partial charge in [0.05, 0.1) is 0 Å². The second-order valence-electron chi connectivity index (χ2n) is 11.3. The molecular formula is C27H34F2N2O2. The van der Waals surface area contributed by atoms with E-state index in [4.69, 9.17) is 0 Å². The van der Waals surface area contributed by atoms with Crippen molar-refractivity contribution < 1.29 is 18.4 Å². The number of likely N-dealkylation sites (tertiary alicyclic amines) is 1. The van der Waals surface area contributed by atoms with Crippen LogP contribution in [-0.4, -0.2) is 23.8 Å². The third-order valence-corrected chi connectivity index (χ3v) is 9.84. The molecule has 1 saturated heterocycles. The van der Waals surface area contributed by atoms with Gasteiger partial charge < -0.3 is 10.2 Å². The summed E-state index contributed by atoms with van der Waals surface area (Å²) in [6, 6.07) is 3.65. The third-order valence-electron chi connectivity index (χ3n) is 9.84. The molecule has 6 atom stereocenters. The lowest BCUT2D eigenvalue weighted by atomic mass is 9.48. The summed E-state index contributed by atoms with van der Waals surface area (Å²) >= 11 is 0. The van der Waals surface area contributed by atoms with Gasteiger partial charge in [0.25, 0.3) is 0 Å². The average molecular weight is 457 g/mol. The van der Waals surface area contributed by atoms with Crippen LogP contribution in [0, 0.1) is 46.1 Å². The molecule has 0 radical (unpaired) electrons. The number of hydrogen-bond acceptors (Lipinski definition) is 2. The lowest BCUT2D eigenvalue weighted by molar-refractivity contribution is -0.137. The summed E-state index contributed by atoms with van der Waals surface area (Å²) in [7, 11) is 1.92. The molecule has 1 aromatic rings. The Hall–Kier alpha value is -2.24. The van der Waals surface area contributed by atoms with Gasteiger partial charge in [0.1, 0.15) is 17.3 Å². The number of amides is 2. The highest BCUT2D eigenvalue weighted by Gasteiger charge is 2.61. The van der Waals surface area contributed by atoms with E-state index < -0.39 is 11.6 Å². The minimum atomic E-state index is -0.740. The van der Waals surface area contributed by atoms with E-state index in [0.29, 0.717) is 24.2 Å². The van der Waals surface area contributed by atoms with Crippen molar-refractivity contribution in [2.45, 2.75) is 65.7 Å². The van der Waals surface area contributed by atoms with E-state index in [2.05, 4.69) is 26.1 Å². The summed E-state index contributed by atoms with van der Waals surface area (Å²) in [6.45, 7) is 6.73. The van der Waals surface area contributed by atoms with Crippen LogP contribution in [0.25, 0.3) is 0 Å². The number of nitrogens with one attached hydrogen (secondary N) is 1. The SMILES string of the molecule is CC1=C2N(C)C(=O)CC[C@]2(C)[C@H]2CC[C@]3(C)[C@@H](C(=O)Nc4c(F)cccc4F)CC[C@H]3[C@@H]2C1. The molecule has 0 aromatic heterocycles. The number of fused-ring (bicyclic) bond motifs is 5. The Kier molecular flexibility index (Phi) is 5.22. The maximum atomic E-state index is 14.2. The Morgan fingerprint density at radius 1 is 1.09 bits per heavy atom. The number of allylic oxidation sites excluding steroid dienone is 2. The van der Waals surface area contributed by atoms with Crippen LogP contribution in [0.4, 0.5) is 14.5 Å². The molecule has 1 heterocycles. The molecule has 6 heteroatoms. The van der Waals surface area contributed by atoms with Gasteiger partial charge in [-0.25, -0.2) is 8.78 Å². The van der Waals surface area contributed by atoms with E-state index in [1.165, 1.54) is 29.5 Å². The third kappa shape index (κ3) is 3.19. The van der Waals surface area contributed by atoms with Crippen LogP contribution in [0.5, 0.6) is 0 Å². The number of anilines is 1. The summed E-state index contributed by atoms with van der Waals surface area (Å²) in [5.41, 5.74) is 2.00. The standard InChI is InChI=1S/C27H34F2N2O2/c1-15-14-16-17-8-9-19(25(33)30-23-20(28)6-5-7-21(23)29)26(17,2)12-10-18(16)27(3)13-11-22(32)31(4)24(15)27/h5-7,16-19H,8-14H2,1-4H3,(H,30,33)/t16-,17-,18-,19+,26-,27+/m0/s1. The largest absolute Gasteiger partial charge is 0.321 e. The molecular weight excluding hydrogens is 422 g/mol. The van der Waals surface area contributed by atoms with E-state index in [9.17, 15) is 18.4 Å². The maximum Gasteiger partial charge on any atom is 0.228 e. The van der Waals surface area contributed by atoms with Gasteiger partial charge in [-0.2, -0.15) is 0 Å². The van der Waals surface area contributed by atoms with Crippen molar-refractivity contribution in [2.75, 3.05) is 12.4 Å². The van der Waals surface area contributed by atoms with Crippen LogP contribution in [0.3, 0.4) is 0 Å². The van der Waals surface area contributed by atoms with E-state index in [1.54, 1.807) is 0 Å². The smallest absolute Gasteiger partial charge is 0.228 e. The number of piperidine rings is 1. The highest BCUT2D eigenvalue weighted by Crippen LogP contribution is 2.66. The summed E-state index contributed by atoms with van der Waals surface area (Å²) in [6.07, 6.45) is 6.10. The van der Waals surface area contributed by atoms with Crippen molar-refractivity contribution in [2.24, 2.45) is 34.5 Å². The molecule has 5 rings (SSSR count). The zero-order valence-electron chi connectivity index (χ0n) is 20.0. The van der Waals surface area contributed by atoms with Crippen LogP contribution >= 0.6 is 0 Å². The van der Waals surface area contributed by atoms with Crippen LogP contribution in [0.2, 0.25) is 0 Å². The molecule has 2 amide bonds. The molecule has 4 aliphatic rings. The van der Waals surface area contributed by atoms with Crippen LogP contribution in [0.15, 0.2) is 29.5 Å². The van der Waals surface area contributed by atoms with Gasteiger partial charge in [0.2, 0.25) is 11.8 Å². The molecule has 3 aliphatic carbocycles. The number of benzene rings is 1. The molecule has 0 bridgehead atoms. The second-order valence-corrected chi connectivity index (χ2v) is 11.3. The highest BCUT2D eigenvalue weighted by molar-refractivity contribution is 5.93. The predicted octanol–water partition coefficient (Wildman–Crippen LogP) is 5.90. The number of nitrogens with zero attached hydrogens (tertiary/aromatic N) is 1. The van der Waals surface area contributed by atoms with Crippen molar-refractivity contribution in [1.82, 2.24) is 4.90 Å². The highest BCUT2D eigenvalue weighted by atomic mass is 19.1. The van der Waals surface area contributed by atoms with E-state index in [-0.39, 0.29) is 34.2 Å². The first-order valence-corrected chi connectivity index (χ1v) is 12.3. The number of rotatable bonds is 2. The van der Waals surface area contributed by atoms with Gasteiger partial charge in [-0.1, -0.05) is 25.5 Å². The van der Waals surface area contributed by atoms with Gasteiger partial charge in [-0.15, -0.1) is 0 Å². The lowest BCUT2D eigenvalue weighted by Crippen LogP contribution is -2.54. The molecule has 33 heavy (non-hydrogen) atoms. The quantitative estimate of drug-likeness (QED) is 0.603. The normalized spacial score (nSPS) is 38.0. The number of hydrogen-bond donors (Lipinski definition) is 1. The number of halogens is 2. The first-order chi connectivity index (χ1) is 15.6. The van der Waals surface area contributed by atoms with Gasteiger partial charge in [-0.05, 0) is 80.8 Å². The molecule has 3 fully saturated rings. The van der Waals surface area contributed by atoms with E-state index in [0.717, 1.165) is 38.5 Å². The molecule has 4 nitrogen and oxygen atoms in total. The van der Waals surface area contributed by atoms with Gasteiger partial charge in [-0.3, -0.25) is 9.59 Å². The Balaban J connectivity index is 1.43. The second kappa shape index (κ2) is 7.64. The first-order valence-electron chi connectivity index (χ1n) is 12.3. The van der Waals surface area contributed by atoms with Crippen molar-refractivity contribution in [1.29, 1.82) is 0 Å². The number of carbonyl (C=O) groups is 2. The summed E-state index contributed by atoms with van der Waals surface area (Å²) in [5, 5.41) is 2.58. The fourth-order valence-corrected chi connectivity index (χ4v) is 8.37. The molecule has 1 aliphatic heterocycles. The zero-order chi connectivity index (χ0) is 23.7. The van der Waals surface area contributed by atoms with E-state index in [1.807, 2.05) is 11.9 Å². The van der Waals surface area contributed by atoms with Crippen LogP contribution in [0.1, 0.15) is 65.7 Å². The maximum absolute atomic E-state index is 14.2. The first kappa shape index (κ1) is 22.5. The average Bonchev–Trinajstić information content (AvgIpc) is 3.11. The Bertz CT molecular complexity index is 1030. The Morgan fingerprint density at radius 3 is 2.48 bits per heavy atom.